The molecule has 2 aliphatic carbocycles. The van der Waals surface area contributed by atoms with Gasteiger partial charge in [-0.25, -0.2) is 0 Å². The van der Waals surface area contributed by atoms with Gasteiger partial charge in [0.2, 0.25) is 0 Å². The van der Waals surface area contributed by atoms with Gasteiger partial charge in [-0.2, -0.15) is 0 Å². The summed E-state index contributed by atoms with van der Waals surface area (Å²) in [5.41, 5.74) is 1.81. The highest BCUT2D eigenvalue weighted by molar-refractivity contribution is 5.47. The topological polar surface area (TPSA) is 40.5 Å². The summed E-state index contributed by atoms with van der Waals surface area (Å²) in [6.07, 6.45) is 2.85. The maximum Gasteiger partial charge on any atom is 0.123 e. The van der Waals surface area contributed by atoms with Gasteiger partial charge in [0.05, 0.1) is 0 Å². The molecule has 2 nitrogen and oxygen atoms in total. The van der Waals surface area contributed by atoms with Crippen molar-refractivity contribution in [1.82, 2.24) is 0 Å². The first-order valence-electron chi connectivity index (χ1n) is 7.27. The molecule has 0 spiro atoms. The minimum atomic E-state index is -1.16. The average molecular weight is 266 g/mol. The van der Waals surface area contributed by atoms with Gasteiger partial charge in [0.1, 0.15) is 11.2 Å². The van der Waals surface area contributed by atoms with Crippen LogP contribution in [0, 0.1) is 0 Å². The van der Waals surface area contributed by atoms with E-state index in [0.717, 1.165) is 35.1 Å². The Labute approximate surface area is 118 Å². The van der Waals surface area contributed by atoms with Gasteiger partial charge in [-0.3, -0.25) is 0 Å². The van der Waals surface area contributed by atoms with Crippen molar-refractivity contribution in [2.24, 2.45) is 0 Å². The zero-order valence-electron chi connectivity index (χ0n) is 11.3. The smallest absolute Gasteiger partial charge is 0.123 e. The molecular weight excluding hydrogens is 248 g/mol. The Hall–Kier alpha value is -1.64. The maximum absolute atomic E-state index is 11.3. The second kappa shape index (κ2) is 3.94. The molecule has 0 heterocycles. The van der Waals surface area contributed by atoms with Crippen LogP contribution in [0.5, 0.6) is 0 Å². The molecule has 0 amide bonds. The fourth-order valence-corrected chi connectivity index (χ4v) is 4.04. The van der Waals surface area contributed by atoms with E-state index in [1.54, 1.807) is 0 Å². The lowest BCUT2D eigenvalue weighted by atomic mass is 9.75. The third kappa shape index (κ3) is 1.36. The van der Waals surface area contributed by atoms with Crippen molar-refractivity contribution >= 4 is 0 Å². The lowest BCUT2D eigenvalue weighted by Gasteiger charge is -2.40. The van der Waals surface area contributed by atoms with Gasteiger partial charge in [-0.1, -0.05) is 48.5 Å². The first-order valence-corrected chi connectivity index (χ1v) is 7.27. The van der Waals surface area contributed by atoms with Gasteiger partial charge in [-0.15, -0.1) is 0 Å². The Morgan fingerprint density at radius 3 is 1.50 bits per heavy atom. The molecule has 0 aliphatic heterocycles. The molecule has 0 aromatic heterocycles. The van der Waals surface area contributed by atoms with Crippen molar-refractivity contribution in [3.8, 4) is 0 Å². The number of aryl methyl sites for hydroxylation is 2. The molecule has 20 heavy (non-hydrogen) atoms. The normalized spacial score (nSPS) is 31.1. The van der Waals surface area contributed by atoms with Gasteiger partial charge in [0, 0.05) is 0 Å². The Balaban J connectivity index is 1.90. The average Bonchev–Trinajstić information content (AvgIpc) is 3.02. The minimum Gasteiger partial charge on any atom is -0.382 e. The summed E-state index contributed by atoms with van der Waals surface area (Å²) in [5.74, 6) is 0. The van der Waals surface area contributed by atoms with Crippen LogP contribution in [-0.4, -0.2) is 10.2 Å². The van der Waals surface area contributed by atoms with Crippen LogP contribution < -0.4 is 0 Å². The molecule has 2 aromatic carbocycles. The van der Waals surface area contributed by atoms with Crippen molar-refractivity contribution in [3.63, 3.8) is 0 Å². The lowest BCUT2D eigenvalue weighted by molar-refractivity contribution is -0.163. The molecule has 4 rings (SSSR count). The predicted octanol–water partition coefficient (Wildman–Crippen LogP) is 2.65. The van der Waals surface area contributed by atoms with E-state index in [2.05, 4.69) is 12.1 Å². The molecule has 2 aromatic rings. The van der Waals surface area contributed by atoms with Gasteiger partial charge in [0.25, 0.3) is 0 Å². The molecule has 0 bridgehead atoms. The molecule has 2 atom stereocenters. The molecule has 0 fully saturated rings. The first-order chi connectivity index (χ1) is 9.65. The number of fused-ring (bicyclic) bond motifs is 2. The molecule has 0 saturated heterocycles. The van der Waals surface area contributed by atoms with Crippen molar-refractivity contribution in [1.29, 1.82) is 0 Å². The fourth-order valence-electron chi connectivity index (χ4n) is 4.04. The van der Waals surface area contributed by atoms with Gasteiger partial charge in [-0.05, 0) is 47.9 Å². The number of rotatable bonds is 1. The molecule has 2 N–H and O–H groups in total. The SMILES string of the molecule is OC1(C2(O)CCc3ccccc32)CCc2ccccc21. The molecule has 2 heteroatoms. The monoisotopic (exact) mass is 266 g/mol. The maximum atomic E-state index is 11.3. The largest absolute Gasteiger partial charge is 0.382 e. The highest BCUT2D eigenvalue weighted by Gasteiger charge is 2.56. The van der Waals surface area contributed by atoms with Crippen LogP contribution in [0.2, 0.25) is 0 Å². The van der Waals surface area contributed by atoms with E-state index in [1.807, 2.05) is 36.4 Å². The van der Waals surface area contributed by atoms with Crippen molar-refractivity contribution in [2.75, 3.05) is 0 Å². The zero-order chi connectivity index (χ0) is 13.8. The van der Waals surface area contributed by atoms with E-state index in [0.29, 0.717) is 12.8 Å². The molecule has 2 unspecified atom stereocenters. The second-order valence-electron chi connectivity index (χ2n) is 6.03. The summed E-state index contributed by atoms with van der Waals surface area (Å²) in [7, 11) is 0. The van der Waals surface area contributed by atoms with Crippen LogP contribution in [-0.2, 0) is 24.0 Å². The van der Waals surface area contributed by atoms with E-state index in [4.69, 9.17) is 0 Å². The van der Waals surface area contributed by atoms with E-state index < -0.39 is 11.2 Å². The van der Waals surface area contributed by atoms with Gasteiger partial charge in [0.15, 0.2) is 0 Å². The predicted molar refractivity (Wildman–Crippen MR) is 77.3 cm³/mol. The molecular formula is C18H18O2. The molecule has 0 saturated carbocycles. The van der Waals surface area contributed by atoms with Crippen molar-refractivity contribution in [3.05, 3.63) is 70.8 Å². The standard InChI is InChI=1S/C18H18O2/c19-17(11-9-13-5-1-3-7-15(13)17)18(20)12-10-14-6-2-4-8-16(14)18/h1-8,19-20H,9-12H2. The minimum absolute atomic E-state index is 0.594. The van der Waals surface area contributed by atoms with Crippen LogP contribution in [0.25, 0.3) is 0 Å². The van der Waals surface area contributed by atoms with Crippen LogP contribution in [0.3, 0.4) is 0 Å². The fraction of sp³-hybridized carbons (Fsp3) is 0.333. The molecule has 0 radical (unpaired) electrons. The van der Waals surface area contributed by atoms with E-state index in [9.17, 15) is 10.2 Å². The lowest BCUT2D eigenvalue weighted by Crippen LogP contribution is -2.46. The first kappa shape index (κ1) is 12.1. The summed E-state index contributed by atoms with van der Waals surface area (Å²) in [4.78, 5) is 0. The van der Waals surface area contributed by atoms with Gasteiger partial charge < -0.3 is 10.2 Å². The highest BCUT2D eigenvalue weighted by Crippen LogP contribution is 2.54. The zero-order valence-corrected chi connectivity index (χ0v) is 11.3. The van der Waals surface area contributed by atoms with Gasteiger partial charge >= 0.3 is 0 Å². The Morgan fingerprint density at radius 2 is 1.05 bits per heavy atom. The van der Waals surface area contributed by atoms with Crippen LogP contribution in [0.4, 0.5) is 0 Å². The Bertz CT molecular complexity index is 619. The summed E-state index contributed by atoms with van der Waals surface area (Å²) in [5, 5.41) is 22.6. The van der Waals surface area contributed by atoms with Crippen LogP contribution in [0.15, 0.2) is 48.5 Å². The summed E-state index contributed by atoms with van der Waals surface area (Å²) in [6.45, 7) is 0. The third-order valence-corrected chi connectivity index (χ3v) is 5.12. The van der Waals surface area contributed by atoms with Crippen molar-refractivity contribution < 1.29 is 10.2 Å². The van der Waals surface area contributed by atoms with E-state index >= 15 is 0 Å². The Morgan fingerprint density at radius 1 is 0.650 bits per heavy atom. The number of hydrogen-bond acceptors (Lipinski definition) is 2. The molecule has 102 valence electrons. The number of benzene rings is 2. The van der Waals surface area contributed by atoms with Crippen molar-refractivity contribution in [2.45, 2.75) is 36.9 Å². The number of hydrogen-bond donors (Lipinski definition) is 2. The Kier molecular flexibility index (Phi) is 2.39. The second-order valence-corrected chi connectivity index (χ2v) is 6.03. The van der Waals surface area contributed by atoms with E-state index in [-0.39, 0.29) is 0 Å². The quantitative estimate of drug-likeness (QED) is 0.833. The highest BCUT2D eigenvalue weighted by atomic mass is 16.4. The summed E-state index contributed by atoms with van der Waals surface area (Å²) in [6, 6.07) is 15.9. The third-order valence-electron chi connectivity index (χ3n) is 5.12. The van der Waals surface area contributed by atoms with Crippen LogP contribution >= 0.6 is 0 Å². The molecule has 2 aliphatic rings. The van der Waals surface area contributed by atoms with E-state index in [1.165, 1.54) is 0 Å². The number of aliphatic hydroxyl groups is 2. The van der Waals surface area contributed by atoms with Crippen LogP contribution in [0.1, 0.15) is 35.1 Å². The summed E-state index contributed by atoms with van der Waals surface area (Å²) >= 11 is 0. The summed E-state index contributed by atoms with van der Waals surface area (Å²) < 4.78 is 0.